The van der Waals surface area contributed by atoms with Gasteiger partial charge in [-0.05, 0) is 12.1 Å². The maximum Gasteiger partial charge on any atom is 0.139 e. The summed E-state index contributed by atoms with van der Waals surface area (Å²) in [5.74, 6) is 0.836. The number of rotatable bonds is 5. The lowest BCUT2D eigenvalue weighted by atomic mass is 10.3. The molecule has 0 heterocycles. The molecule has 0 spiro atoms. The third-order valence-electron chi connectivity index (χ3n) is 1.37. The van der Waals surface area contributed by atoms with Crippen molar-refractivity contribution >= 4 is 0 Å². The molecule has 0 aliphatic rings. The van der Waals surface area contributed by atoms with Crippen molar-refractivity contribution in [2.24, 2.45) is 0 Å². The highest BCUT2D eigenvalue weighted by atomic mass is 16.5. The van der Waals surface area contributed by atoms with Gasteiger partial charge in [0.1, 0.15) is 12.5 Å². The van der Waals surface area contributed by atoms with Gasteiger partial charge in [-0.2, -0.15) is 0 Å². The average molecular weight is 167 g/mol. The Morgan fingerprint density at radius 3 is 2.67 bits per heavy atom. The van der Waals surface area contributed by atoms with E-state index in [1.54, 1.807) is 0 Å². The Balaban J connectivity index is 2.16. The number of aliphatic hydroxyl groups is 1. The number of hydrogen-bond acceptors (Lipinski definition) is 3. The summed E-state index contributed by atoms with van der Waals surface area (Å²) in [5, 5.41) is 11.4. The van der Waals surface area contributed by atoms with Gasteiger partial charge < -0.3 is 9.84 Å². The summed E-state index contributed by atoms with van der Waals surface area (Å²) in [4.78, 5) is 0. The van der Waals surface area contributed by atoms with Crippen LogP contribution in [0.15, 0.2) is 30.3 Å². The highest BCUT2D eigenvalue weighted by Crippen LogP contribution is 2.06. The molecule has 1 aromatic rings. The molecule has 12 heavy (non-hydrogen) atoms. The molecular formula is C9H13NO2. The molecule has 0 fully saturated rings. The summed E-state index contributed by atoms with van der Waals surface area (Å²) in [6.07, 6.45) is 0. The number of para-hydroxylation sites is 1. The first-order chi connectivity index (χ1) is 5.93. The van der Waals surface area contributed by atoms with Crippen LogP contribution < -0.4 is 10.1 Å². The summed E-state index contributed by atoms with van der Waals surface area (Å²) in [6.45, 7) is 1.13. The molecule has 1 rings (SSSR count). The lowest BCUT2D eigenvalue weighted by Crippen LogP contribution is -2.23. The molecule has 0 unspecified atom stereocenters. The summed E-state index contributed by atoms with van der Waals surface area (Å²) >= 11 is 0. The van der Waals surface area contributed by atoms with Crippen molar-refractivity contribution < 1.29 is 9.84 Å². The Kier molecular flexibility index (Phi) is 4.19. The Bertz CT molecular complexity index is 201. The summed E-state index contributed by atoms with van der Waals surface area (Å²) in [6, 6.07) is 9.55. The van der Waals surface area contributed by atoms with Gasteiger partial charge in [0.05, 0.1) is 6.61 Å². The van der Waals surface area contributed by atoms with Crippen LogP contribution in [0.4, 0.5) is 0 Å². The van der Waals surface area contributed by atoms with E-state index in [-0.39, 0.29) is 6.61 Å². The monoisotopic (exact) mass is 167 g/mol. The molecular weight excluding hydrogens is 154 g/mol. The molecule has 0 amide bonds. The summed E-state index contributed by atoms with van der Waals surface area (Å²) in [7, 11) is 0. The van der Waals surface area contributed by atoms with Gasteiger partial charge in [-0.25, -0.2) is 0 Å². The minimum atomic E-state index is 0.137. The quantitative estimate of drug-likeness (QED) is 0.498. The van der Waals surface area contributed by atoms with Gasteiger partial charge in [0, 0.05) is 6.54 Å². The molecule has 1 aromatic carbocycles. The fourth-order valence-corrected chi connectivity index (χ4v) is 0.802. The first-order valence-electron chi connectivity index (χ1n) is 3.93. The molecule has 3 nitrogen and oxygen atoms in total. The van der Waals surface area contributed by atoms with E-state index in [2.05, 4.69) is 5.32 Å². The van der Waals surface area contributed by atoms with Gasteiger partial charge >= 0.3 is 0 Å². The maximum absolute atomic E-state index is 8.45. The number of aliphatic hydroxyl groups excluding tert-OH is 1. The Morgan fingerprint density at radius 1 is 1.25 bits per heavy atom. The number of hydrogen-bond donors (Lipinski definition) is 2. The van der Waals surface area contributed by atoms with E-state index in [9.17, 15) is 0 Å². The predicted molar refractivity (Wildman–Crippen MR) is 47.0 cm³/mol. The van der Waals surface area contributed by atoms with Crippen molar-refractivity contribution in [1.82, 2.24) is 5.32 Å². The maximum atomic E-state index is 8.45. The van der Waals surface area contributed by atoms with Gasteiger partial charge in [-0.3, -0.25) is 5.32 Å². The molecule has 0 saturated carbocycles. The zero-order valence-electron chi connectivity index (χ0n) is 6.86. The Hall–Kier alpha value is -1.06. The standard InChI is InChI=1S/C9H13NO2/c11-7-6-10-8-12-9-4-2-1-3-5-9/h1-5,10-11H,6-8H2. The number of nitrogens with one attached hydrogen (secondary N) is 1. The second-order valence-electron chi connectivity index (χ2n) is 2.33. The van der Waals surface area contributed by atoms with E-state index in [4.69, 9.17) is 9.84 Å². The van der Waals surface area contributed by atoms with Crippen LogP contribution in [0, 0.1) is 0 Å². The fraction of sp³-hybridized carbons (Fsp3) is 0.333. The molecule has 66 valence electrons. The van der Waals surface area contributed by atoms with E-state index < -0.39 is 0 Å². The van der Waals surface area contributed by atoms with E-state index in [0.717, 1.165) is 5.75 Å². The van der Waals surface area contributed by atoms with Crippen molar-refractivity contribution in [1.29, 1.82) is 0 Å². The van der Waals surface area contributed by atoms with E-state index in [1.165, 1.54) is 0 Å². The molecule has 0 aliphatic carbocycles. The van der Waals surface area contributed by atoms with Crippen LogP contribution in [-0.4, -0.2) is 25.0 Å². The van der Waals surface area contributed by atoms with Gasteiger partial charge in [0.15, 0.2) is 0 Å². The van der Waals surface area contributed by atoms with E-state index in [1.807, 2.05) is 30.3 Å². The van der Waals surface area contributed by atoms with Crippen LogP contribution in [0.25, 0.3) is 0 Å². The SMILES string of the molecule is OCCNCOc1ccccc1. The lowest BCUT2D eigenvalue weighted by Gasteiger charge is -2.05. The normalized spacial score (nSPS) is 9.75. The third kappa shape index (κ3) is 3.37. The Labute approximate surface area is 72.0 Å². The molecule has 2 N–H and O–H groups in total. The van der Waals surface area contributed by atoms with Crippen molar-refractivity contribution in [3.8, 4) is 5.75 Å². The molecule has 3 heteroatoms. The van der Waals surface area contributed by atoms with E-state index >= 15 is 0 Å². The summed E-state index contributed by atoms with van der Waals surface area (Å²) < 4.78 is 5.29. The van der Waals surface area contributed by atoms with Crippen molar-refractivity contribution in [3.05, 3.63) is 30.3 Å². The highest BCUT2D eigenvalue weighted by molar-refractivity contribution is 5.20. The van der Waals surface area contributed by atoms with Crippen LogP contribution in [0.3, 0.4) is 0 Å². The van der Waals surface area contributed by atoms with Gasteiger partial charge in [0.2, 0.25) is 0 Å². The number of benzene rings is 1. The second-order valence-corrected chi connectivity index (χ2v) is 2.33. The van der Waals surface area contributed by atoms with Crippen LogP contribution in [-0.2, 0) is 0 Å². The van der Waals surface area contributed by atoms with Crippen molar-refractivity contribution in [2.75, 3.05) is 19.9 Å². The topological polar surface area (TPSA) is 41.5 Å². The lowest BCUT2D eigenvalue weighted by molar-refractivity contribution is 0.245. The second kappa shape index (κ2) is 5.57. The Morgan fingerprint density at radius 2 is 2.00 bits per heavy atom. The largest absolute Gasteiger partial charge is 0.478 e. The van der Waals surface area contributed by atoms with Crippen LogP contribution in [0.5, 0.6) is 5.75 Å². The zero-order valence-corrected chi connectivity index (χ0v) is 6.86. The van der Waals surface area contributed by atoms with Crippen LogP contribution >= 0.6 is 0 Å². The van der Waals surface area contributed by atoms with Crippen LogP contribution in [0.2, 0.25) is 0 Å². The zero-order chi connectivity index (χ0) is 8.65. The van der Waals surface area contributed by atoms with E-state index in [0.29, 0.717) is 13.3 Å². The molecule has 0 saturated heterocycles. The van der Waals surface area contributed by atoms with Gasteiger partial charge in [0.25, 0.3) is 0 Å². The molecule has 0 bridgehead atoms. The third-order valence-corrected chi connectivity index (χ3v) is 1.37. The average Bonchev–Trinajstić information content (AvgIpc) is 2.14. The number of ether oxygens (including phenoxy) is 1. The minimum absolute atomic E-state index is 0.137. The highest BCUT2D eigenvalue weighted by Gasteiger charge is 1.88. The fourth-order valence-electron chi connectivity index (χ4n) is 0.802. The first kappa shape index (κ1) is 9.03. The van der Waals surface area contributed by atoms with Crippen molar-refractivity contribution in [2.45, 2.75) is 0 Å². The summed E-state index contributed by atoms with van der Waals surface area (Å²) in [5.41, 5.74) is 0. The van der Waals surface area contributed by atoms with Gasteiger partial charge in [-0.1, -0.05) is 18.2 Å². The molecule has 0 atom stereocenters. The first-order valence-corrected chi connectivity index (χ1v) is 3.93. The predicted octanol–water partition coefficient (Wildman–Crippen LogP) is 0.605. The van der Waals surface area contributed by atoms with Crippen LogP contribution in [0.1, 0.15) is 0 Å². The smallest absolute Gasteiger partial charge is 0.139 e. The minimum Gasteiger partial charge on any atom is -0.478 e. The van der Waals surface area contributed by atoms with Crippen molar-refractivity contribution in [3.63, 3.8) is 0 Å². The molecule has 0 aromatic heterocycles. The molecule has 0 radical (unpaired) electrons. The molecule has 0 aliphatic heterocycles. The van der Waals surface area contributed by atoms with Gasteiger partial charge in [-0.15, -0.1) is 0 Å².